The Hall–Kier alpha value is -3.90. The van der Waals surface area contributed by atoms with Crippen LogP contribution in [-0.4, -0.2) is 18.7 Å². The molecule has 5 rings (SSSR count). The van der Waals surface area contributed by atoms with E-state index in [0.29, 0.717) is 28.2 Å². The number of fused-ring (bicyclic) bond motifs is 1. The van der Waals surface area contributed by atoms with Crippen molar-refractivity contribution in [3.05, 3.63) is 129 Å². The number of hydrogen-bond acceptors (Lipinski definition) is 3. The summed E-state index contributed by atoms with van der Waals surface area (Å²) < 4.78 is 5.03. The minimum atomic E-state index is -0.358. The van der Waals surface area contributed by atoms with Crippen molar-refractivity contribution < 1.29 is 0 Å². The molecule has 0 saturated heterocycles. The van der Waals surface area contributed by atoms with Gasteiger partial charge in [0.25, 0.3) is 5.56 Å². The Balaban J connectivity index is 1.45. The molecule has 0 aliphatic heterocycles. The van der Waals surface area contributed by atoms with E-state index < -0.39 is 0 Å². The fourth-order valence-electron chi connectivity index (χ4n) is 4.25. The molecular weight excluding hydrogens is 448 g/mol. The molecule has 5 aromatic rings. The number of imidazole rings is 1. The van der Waals surface area contributed by atoms with Gasteiger partial charge in [0.2, 0.25) is 0 Å². The highest BCUT2D eigenvalue weighted by molar-refractivity contribution is 6.30. The lowest BCUT2D eigenvalue weighted by Gasteiger charge is -2.14. The first kappa shape index (κ1) is 21.9. The molecule has 0 aliphatic carbocycles. The number of rotatable bonds is 7. The van der Waals surface area contributed by atoms with Gasteiger partial charge < -0.3 is 4.57 Å². The number of aromatic nitrogens is 4. The lowest BCUT2D eigenvalue weighted by molar-refractivity contribution is 0.595. The summed E-state index contributed by atoms with van der Waals surface area (Å²) in [7, 11) is 0. The first-order chi connectivity index (χ1) is 16.6. The lowest BCUT2D eigenvalue weighted by Crippen LogP contribution is -2.39. The van der Waals surface area contributed by atoms with E-state index in [0.717, 1.165) is 25.1 Å². The molecule has 0 amide bonds. The molecule has 0 spiro atoms. The van der Waals surface area contributed by atoms with Gasteiger partial charge in [0.05, 0.1) is 22.9 Å². The van der Waals surface area contributed by atoms with E-state index in [2.05, 4.69) is 21.7 Å². The van der Waals surface area contributed by atoms with Gasteiger partial charge in [0.15, 0.2) is 0 Å². The second-order valence-electron chi connectivity index (χ2n) is 8.17. The molecule has 34 heavy (non-hydrogen) atoms. The van der Waals surface area contributed by atoms with E-state index in [1.807, 2.05) is 48.9 Å². The predicted molar refractivity (Wildman–Crippen MR) is 135 cm³/mol. The Labute approximate surface area is 201 Å². The van der Waals surface area contributed by atoms with Crippen LogP contribution in [-0.2, 0) is 19.5 Å². The van der Waals surface area contributed by atoms with Crippen molar-refractivity contribution in [1.29, 1.82) is 0 Å². The molecule has 0 bridgehead atoms. The third-order valence-electron chi connectivity index (χ3n) is 5.94. The molecule has 170 valence electrons. The van der Waals surface area contributed by atoms with E-state index in [9.17, 15) is 9.59 Å². The second-order valence-corrected chi connectivity index (χ2v) is 8.61. The predicted octanol–water partition coefficient (Wildman–Crippen LogP) is 4.68. The van der Waals surface area contributed by atoms with Gasteiger partial charge in [-0.05, 0) is 54.8 Å². The number of halogens is 1. The van der Waals surface area contributed by atoms with E-state index in [4.69, 9.17) is 11.6 Å². The highest BCUT2D eigenvalue weighted by Crippen LogP contribution is 2.14. The van der Waals surface area contributed by atoms with Crippen LogP contribution in [0.2, 0.25) is 5.02 Å². The molecule has 6 nitrogen and oxygen atoms in total. The molecule has 0 fully saturated rings. The Bertz CT molecular complexity index is 1550. The summed E-state index contributed by atoms with van der Waals surface area (Å²) in [6.45, 7) is 1.23. The minimum Gasteiger partial charge on any atom is -0.330 e. The molecule has 2 aromatic heterocycles. The van der Waals surface area contributed by atoms with Gasteiger partial charge in [-0.15, -0.1) is 0 Å². The van der Waals surface area contributed by atoms with Crippen molar-refractivity contribution in [1.82, 2.24) is 18.7 Å². The molecule has 0 aliphatic rings. The second kappa shape index (κ2) is 9.53. The maximum atomic E-state index is 13.5. The first-order valence-corrected chi connectivity index (χ1v) is 11.5. The molecule has 0 atom stereocenters. The van der Waals surface area contributed by atoms with Crippen LogP contribution >= 0.6 is 11.6 Å². The summed E-state index contributed by atoms with van der Waals surface area (Å²) in [6.07, 6.45) is 5.19. The summed E-state index contributed by atoms with van der Waals surface area (Å²) in [5, 5.41) is 1.05. The molecule has 2 heterocycles. The van der Waals surface area contributed by atoms with Gasteiger partial charge in [-0.3, -0.25) is 9.36 Å². The maximum absolute atomic E-state index is 13.5. The Morgan fingerprint density at radius 3 is 2.38 bits per heavy atom. The van der Waals surface area contributed by atoms with Crippen molar-refractivity contribution in [2.45, 2.75) is 25.9 Å². The number of nitrogens with zero attached hydrogens (tertiary/aromatic N) is 4. The Kier molecular flexibility index (Phi) is 6.14. The highest BCUT2D eigenvalue weighted by Gasteiger charge is 2.14. The fraction of sp³-hybridized carbons (Fsp3) is 0.148. The number of aryl methyl sites for hydroxylation is 2. The van der Waals surface area contributed by atoms with Crippen molar-refractivity contribution in [3.63, 3.8) is 0 Å². The lowest BCUT2D eigenvalue weighted by atomic mass is 10.2. The van der Waals surface area contributed by atoms with Crippen LogP contribution in [0.5, 0.6) is 0 Å². The normalized spacial score (nSPS) is 11.2. The molecule has 3 aromatic carbocycles. The van der Waals surface area contributed by atoms with E-state index in [1.54, 1.807) is 34.9 Å². The first-order valence-electron chi connectivity index (χ1n) is 11.2. The molecule has 0 radical (unpaired) electrons. The van der Waals surface area contributed by atoms with Crippen LogP contribution in [0.15, 0.2) is 101 Å². The van der Waals surface area contributed by atoms with Gasteiger partial charge in [-0.25, -0.2) is 14.3 Å². The number of benzene rings is 3. The quantitative estimate of drug-likeness (QED) is 0.347. The summed E-state index contributed by atoms with van der Waals surface area (Å²) in [4.78, 5) is 31.0. The van der Waals surface area contributed by atoms with Gasteiger partial charge in [0.1, 0.15) is 0 Å². The van der Waals surface area contributed by atoms with Crippen molar-refractivity contribution >= 4 is 22.5 Å². The third-order valence-corrected chi connectivity index (χ3v) is 6.20. The summed E-state index contributed by atoms with van der Waals surface area (Å²) in [5.41, 5.74) is 2.76. The fourth-order valence-corrected chi connectivity index (χ4v) is 4.38. The molecule has 7 heteroatoms. The zero-order chi connectivity index (χ0) is 23.5. The standard InChI is InChI=1S/C27H23ClN4O2/c28-21-12-14-22(15-13-21)32-26(33)24-10-4-5-11-25(24)31(27(32)34)16-6-9-23-17-29-19-30(23)18-20-7-2-1-3-8-20/h1-5,7-8,10-15,17,19H,6,9,16,18H2. The Morgan fingerprint density at radius 1 is 0.853 bits per heavy atom. The molecule has 0 N–H and O–H groups in total. The minimum absolute atomic E-state index is 0.333. The van der Waals surface area contributed by atoms with Crippen LogP contribution in [0.1, 0.15) is 17.7 Å². The van der Waals surface area contributed by atoms with Gasteiger partial charge >= 0.3 is 5.69 Å². The van der Waals surface area contributed by atoms with E-state index in [-0.39, 0.29) is 11.2 Å². The number of hydrogen-bond donors (Lipinski definition) is 0. The van der Waals surface area contributed by atoms with E-state index >= 15 is 0 Å². The number of para-hydroxylation sites is 1. The van der Waals surface area contributed by atoms with Crippen LogP contribution in [0.25, 0.3) is 16.6 Å². The zero-order valence-electron chi connectivity index (χ0n) is 18.5. The van der Waals surface area contributed by atoms with Crippen molar-refractivity contribution in [2.24, 2.45) is 0 Å². The Morgan fingerprint density at radius 2 is 1.59 bits per heavy atom. The molecular formula is C27H23ClN4O2. The average molecular weight is 471 g/mol. The van der Waals surface area contributed by atoms with Crippen LogP contribution in [0.3, 0.4) is 0 Å². The summed E-state index contributed by atoms with van der Waals surface area (Å²) >= 11 is 6.01. The van der Waals surface area contributed by atoms with Gasteiger partial charge in [0, 0.05) is 30.0 Å². The smallest absolute Gasteiger partial charge is 0.330 e. The zero-order valence-corrected chi connectivity index (χ0v) is 19.2. The topological polar surface area (TPSA) is 61.8 Å². The largest absolute Gasteiger partial charge is 0.336 e. The summed E-state index contributed by atoms with van der Waals surface area (Å²) in [5.74, 6) is 0. The monoisotopic (exact) mass is 470 g/mol. The van der Waals surface area contributed by atoms with Crippen molar-refractivity contribution in [2.75, 3.05) is 0 Å². The van der Waals surface area contributed by atoms with Crippen LogP contribution < -0.4 is 11.2 Å². The van der Waals surface area contributed by atoms with Gasteiger partial charge in [-0.2, -0.15) is 0 Å². The summed E-state index contributed by atoms with van der Waals surface area (Å²) in [6, 6.07) is 24.2. The van der Waals surface area contributed by atoms with Gasteiger partial charge in [-0.1, -0.05) is 54.1 Å². The van der Waals surface area contributed by atoms with Crippen LogP contribution in [0, 0.1) is 0 Å². The average Bonchev–Trinajstić information content (AvgIpc) is 3.30. The highest BCUT2D eigenvalue weighted by atomic mass is 35.5. The molecule has 0 unspecified atom stereocenters. The molecule has 0 saturated carbocycles. The maximum Gasteiger partial charge on any atom is 0.336 e. The van der Waals surface area contributed by atoms with Crippen molar-refractivity contribution in [3.8, 4) is 5.69 Å². The third kappa shape index (κ3) is 4.32. The van der Waals surface area contributed by atoms with E-state index in [1.165, 1.54) is 10.1 Å². The SMILES string of the molecule is O=c1c2ccccc2n(CCCc2cncn2Cc2ccccc2)c(=O)n1-c1ccc(Cl)cc1. The van der Waals surface area contributed by atoms with Crippen LogP contribution in [0.4, 0.5) is 0 Å².